The summed E-state index contributed by atoms with van der Waals surface area (Å²) < 4.78 is 0. The van der Waals surface area contributed by atoms with Gasteiger partial charge in [0, 0.05) is 17.7 Å². The van der Waals surface area contributed by atoms with Gasteiger partial charge in [-0.1, -0.05) is 0 Å². The number of amides is 1. The molecule has 1 N–H and O–H groups in total. The highest BCUT2D eigenvalue weighted by Crippen LogP contribution is 2.15. The van der Waals surface area contributed by atoms with Gasteiger partial charge in [0.15, 0.2) is 0 Å². The van der Waals surface area contributed by atoms with Crippen LogP contribution >= 0.6 is 22.9 Å². The first-order valence-corrected chi connectivity index (χ1v) is 5.82. The number of hydrogen-bond acceptors (Lipinski definition) is 3. The first-order valence-electron chi connectivity index (χ1n) is 4.41. The molecular formula is C9H13ClN2OS. The molecule has 1 amide bonds. The Morgan fingerprint density at radius 2 is 2.50 bits per heavy atom. The van der Waals surface area contributed by atoms with Gasteiger partial charge in [-0.05, 0) is 13.8 Å². The van der Waals surface area contributed by atoms with Gasteiger partial charge in [-0.3, -0.25) is 4.79 Å². The van der Waals surface area contributed by atoms with Crippen LogP contribution in [0.4, 0.5) is 0 Å². The van der Waals surface area contributed by atoms with E-state index in [1.807, 2.05) is 19.2 Å². The molecule has 0 aliphatic carbocycles. The van der Waals surface area contributed by atoms with Crippen molar-refractivity contribution in [3.05, 3.63) is 16.1 Å². The molecule has 1 heterocycles. The fraction of sp³-hybridized carbons (Fsp3) is 0.556. The van der Waals surface area contributed by atoms with Crippen LogP contribution in [0.25, 0.3) is 0 Å². The van der Waals surface area contributed by atoms with Gasteiger partial charge in [-0.2, -0.15) is 0 Å². The number of nitrogens with zero attached hydrogens (tertiary/aromatic N) is 1. The maximum atomic E-state index is 11.2. The average Bonchev–Trinajstić information content (AvgIpc) is 2.52. The highest BCUT2D eigenvalue weighted by Gasteiger charge is 2.11. The molecule has 0 saturated heterocycles. The highest BCUT2D eigenvalue weighted by atomic mass is 35.5. The van der Waals surface area contributed by atoms with Crippen molar-refractivity contribution in [2.45, 2.75) is 26.3 Å². The van der Waals surface area contributed by atoms with Gasteiger partial charge < -0.3 is 5.32 Å². The van der Waals surface area contributed by atoms with Crippen LogP contribution < -0.4 is 5.32 Å². The molecule has 1 rings (SSSR count). The van der Waals surface area contributed by atoms with Crippen molar-refractivity contribution >= 4 is 28.8 Å². The van der Waals surface area contributed by atoms with Crippen molar-refractivity contribution in [3.63, 3.8) is 0 Å². The second kappa shape index (κ2) is 5.32. The third-order valence-corrected chi connectivity index (χ3v) is 2.76. The fourth-order valence-corrected chi connectivity index (χ4v) is 1.93. The lowest BCUT2D eigenvalue weighted by molar-refractivity contribution is -0.121. The molecule has 0 spiro atoms. The first-order chi connectivity index (χ1) is 6.63. The Balaban J connectivity index is 2.50. The summed E-state index contributed by atoms with van der Waals surface area (Å²) in [6, 6.07) is -0.0318. The average molecular weight is 233 g/mol. The van der Waals surface area contributed by atoms with E-state index in [1.165, 1.54) is 0 Å². The molecule has 78 valence electrons. The summed E-state index contributed by atoms with van der Waals surface area (Å²) in [5.41, 5.74) is 0.912. The van der Waals surface area contributed by atoms with Crippen LogP contribution in [0, 0.1) is 6.92 Å². The Morgan fingerprint density at radius 3 is 3.00 bits per heavy atom. The summed E-state index contributed by atoms with van der Waals surface area (Å²) in [7, 11) is 0. The molecule has 0 radical (unpaired) electrons. The van der Waals surface area contributed by atoms with Crippen LogP contribution in [-0.4, -0.2) is 16.8 Å². The van der Waals surface area contributed by atoms with E-state index in [4.69, 9.17) is 11.6 Å². The van der Waals surface area contributed by atoms with E-state index in [9.17, 15) is 4.79 Å². The summed E-state index contributed by atoms with van der Waals surface area (Å²) >= 11 is 7.04. The zero-order valence-corrected chi connectivity index (χ0v) is 9.78. The Kier molecular flexibility index (Phi) is 4.35. The molecule has 1 atom stereocenters. The summed E-state index contributed by atoms with van der Waals surface area (Å²) in [6.07, 6.45) is 0.356. The molecular weight excluding hydrogens is 220 g/mol. The van der Waals surface area contributed by atoms with Crippen LogP contribution in [-0.2, 0) is 4.79 Å². The first kappa shape index (κ1) is 11.5. The van der Waals surface area contributed by atoms with E-state index in [0.29, 0.717) is 12.3 Å². The molecule has 1 unspecified atom stereocenters. The minimum Gasteiger partial charge on any atom is -0.348 e. The third kappa shape index (κ3) is 3.27. The van der Waals surface area contributed by atoms with E-state index in [-0.39, 0.29) is 11.9 Å². The quantitative estimate of drug-likeness (QED) is 0.810. The highest BCUT2D eigenvalue weighted by molar-refractivity contribution is 7.09. The van der Waals surface area contributed by atoms with Gasteiger partial charge in [0.1, 0.15) is 0 Å². The SMILES string of the molecule is Cc1nc(C(C)NC(=O)CCCl)cs1. The predicted octanol–water partition coefficient (Wildman–Crippen LogP) is 2.26. The van der Waals surface area contributed by atoms with E-state index in [0.717, 1.165) is 10.7 Å². The minimum atomic E-state index is -0.0318. The number of aromatic nitrogens is 1. The van der Waals surface area contributed by atoms with Crippen molar-refractivity contribution < 1.29 is 4.79 Å². The van der Waals surface area contributed by atoms with E-state index in [1.54, 1.807) is 11.3 Å². The number of nitrogens with one attached hydrogen (secondary N) is 1. The summed E-state index contributed by atoms with van der Waals surface area (Å²) in [6.45, 7) is 3.86. The number of thiazole rings is 1. The van der Waals surface area contributed by atoms with Gasteiger partial charge in [-0.25, -0.2) is 4.98 Å². The van der Waals surface area contributed by atoms with Crippen molar-refractivity contribution in [1.29, 1.82) is 0 Å². The standard InChI is InChI=1S/C9H13ClN2OS/c1-6(11-9(13)3-4-10)8-5-14-7(2)12-8/h5-6H,3-4H2,1-2H3,(H,11,13). The van der Waals surface area contributed by atoms with Crippen LogP contribution in [0.3, 0.4) is 0 Å². The number of rotatable bonds is 4. The van der Waals surface area contributed by atoms with Crippen LogP contribution in [0.1, 0.15) is 30.1 Å². The number of carbonyl (C=O) groups excluding carboxylic acids is 1. The Bertz CT molecular complexity index is 314. The second-order valence-electron chi connectivity index (χ2n) is 3.02. The number of halogens is 1. The molecule has 5 heteroatoms. The van der Waals surface area contributed by atoms with E-state index in [2.05, 4.69) is 10.3 Å². The molecule has 14 heavy (non-hydrogen) atoms. The van der Waals surface area contributed by atoms with E-state index < -0.39 is 0 Å². The number of aryl methyl sites for hydroxylation is 1. The predicted molar refractivity (Wildman–Crippen MR) is 58.7 cm³/mol. The van der Waals surface area contributed by atoms with Crippen LogP contribution in [0.5, 0.6) is 0 Å². The largest absolute Gasteiger partial charge is 0.348 e. The van der Waals surface area contributed by atoms with Crippen molar-refractivity contribution in [1.82, 2.24) is 10.3 Å². The Hall–Kier alpha value is -0.610. The monoisotopic (exact) mass is 232 g/mol. The summed E-state index contributed by atoms with van der Waals surface area (Å²) in [4.78, 5) is 15.5. The molecule has 0 aliphatic heterocycles. The summed E-state index contributed by atoms with van der Waals surface area (Å²) in [5, 5.41) is 5.80. The Morgan fingerprint density at radius 1 is 1.79 bits per heavy atom. The minimum absolute atomic E-state index is 0.0295. The van der Waals surface area contributed by atoms with Gasteiger partial charge in [0.2, 0.25) is 5.91 Å². The lowest BCUT2D eigenvalue weighted by atomic mass is 10.2. The van der Waals surface area contributed by atoms with Crippen molar-refractivity contribution in [2.75, 3.05) is 5.88 Å². The third-order valence-electron chi connectivity index (χ3n) is 1.78. The van der Waals surface area contributed by atoms with Crippen LogP contribution in [0.2, 0.25) is 0 Å². The Labute approximate surface area is 92.5 Å². The molecule has 0 aliphatic rings. The van der Waals surface area contributed by atoms with Gasteiger partial charge in [-0.15, -0.1) is 22.9 Å². The topological polar surface area (TPSA) is 42.0 Å². The molecule has 0 bridgehead atoms. The molecule has 3 nitrogen and oxygen atoms in total. The molecule has 0 aromatic carbocycles. The maximum absolute atomic E-state index is 11.2. The van der Waals surface area contributed by atoms with Crippen LogP contribution in [0.15, 0.2) is 5.38 Å². The smallest absolute Gasteiger partial charge is 0.221 e. The van der Waals surface area contributed by atoms with E-state index >= 15 is 0 Å². The maximum Gasteiger partial charge on any atom is 0.221 e. The number of hydrogen-bond donors (Lipinski definition) is 1. The normalized spacial score (nSPS) is 12.5. The van der Waals surface area contributed by atoms with Gasteiger partial charge in [0.25, 0.3) is 0 Å². The number of alkyl halides is 1. The molecule has 0 saturated carbocycles. The van der Waals surface area contributed by atoms with Crippen molar-refractivity contribution in [2.24, 2.45) is 0 Å². The van der Waals surface area contributed by atoms with Gasteiger partial charge >= 0.3 is 0 Å². The fourth-order valence-electron chi connectivity index (χ4n) is 1.05. The zero-order chi connectivity index (χ0) is 10.6. The lowest BCUT2D eigenvalue weighted by Crippen LogP contribution is -2.26. The molecule has 1 aromatic heterocycles. The molecule has 1 aromatic rings. The van der Waals surface area contributed by atoms with Crippen molar-refractivity contribution in [3.8, 4) is 0 Å². The van der Waals surface area contributed by atoms with Gasteiger partial charge in [0.05, 0.1) is 16.7 Å². The number of carbonyl (C=O) groups is 1. The second-order valence-corrected chi connectivity index (χ2v) is 4.46. The zero-order valence-electron chi connectivity index (χ0n) is 8.21. The molecule has 0 fully saturated rings. The summed E-state index contributed by atoms with van der Waals surface area (Å²) in [5.74, 6) is 0.326. The lowest BCUT2D eigenvalue weighted by Gasteiger charge is -2.10.